The summed E-state index contributed by atoms with van der Waals surface area (Å²) in [7, 11) is 0. The molecule has 0 saturated carbocycles. The fraction of sp³-hybridized carbons (Fsp3) is 0.222. The highest BCUT2D eigenvalue weighted by Gasteiger charge is 2.09. The zero-order valence-electron chi connectivity index (χ0n) is 13.9. The molecule has 0 unspecified atom stereocenters. The third kappa shape index (κ3) is 3.48. The van der Waals surface area contributed by atoms with Crippen molar-refractivity contribution in [2.24, 2.45) is 0 Å². The lowest BCUT2D eigenvalue weighted by Crippen LogP contribution is -2.24. The van der Waals surface area contributed by atoms with E-state index in [0.29, 0.717) is 18.1 Å². The molecule has 0 aliphatic heterocycles. The Morgan fingerprint density at radius 3 is 2.62 bits per heavy atom. The van der Waals surface area contributed by atoms with E-state index in [4.69, 9.17) is 0 Å². The number of benzene rings is 1. The predicted octanol–water partition coefficient (Wildman–Crippen LogP) is 2.52. The minimum Gasteiger partial charge on any atom is -0.347 e. The average molecular weight is 321 g/mol. The van der Waals surface area contributed by atoms with Gasteiger partial charge in [-0.1, -0.05) is 23.8 Å². The Bertz CT molecular complexity index is 867. The number of carbonyl (C=O) groups excluding carboxylic acids is 1. The average Bonchev–Trinajstić information content (AvgIpc) is 3.02. The van der Waals surface area contributed by atoms with Crippen LogP contribution in [0, 0.1) is 20.8 Å². The van der Waals surface area contributed by atoms with E-state index in [1.165, 1.54) is 11.8 Å². The highest BCUT2D eigenvalue weighted by atomic mass is 16.1. The molecule has 0 spiro atoms. The van der Waals surface area contributed by atoms with E-state index in [1.807, 2.05) is 27.0 Å². The van der Waals surface area contributed by atoms with Gasteiger partial charge in [0.15, 0.2) is 5.82 Å². The van der Waals surface area contributed by atoms with E-state index in [-0.39, 0.29) is 5.91 Å². The van der Waals surface area contributed by atoms with Crippen LogP contribution in [-0.4, -0.2) is 25.4 Å². The normalized spacial score (nSPS) is 10.6. The summed E-state index contributed by atoms with van der Waals surface area (Å²) in [6.45, 7) is 6.44. The van der Waals surface area contributed by atoms with Crippen molar-refractivity contribution in [3.63, 3.8) is 0 Å². The molecule has 0 fully saturated rings. The summed E-state index contributed by atoms with van der Waals surface area (Å²) >= 11 is 0. The fourth-order valence-corrected chi connectivity index (χ4v) is 2.38. The lowest BCUT2D eigenvalue weighted by Gasteiger charge is -2.09. The molecule has 0 aliphatic carbocycles. The topological polar surface area (TPSA) is 72.7 Å². The number of nitrogens with one attached hydrogen (secondary N) is 1. The second kappa shape index (κ2) is 6.62. The van der Waals surface area contributed by atoms with Crippen molar-refractivity contribution in [2.75, 3.05) is 0 Å². The molecule has 122 valence electrons. The van der Waals surface area contributed by atoms with Gasteiger partial charge in [-0.2, -0.15) is 0 Å². The lowest BCUT2D eigenvalue weighted by atomic mass is 10.1. The number of imidazole rings is 1. The van der Waals surface area contributed by atoms with Crippen LogP contribution in [0.4, 0.5) is 0 Å². The first kappa shape index (κ1) is 15.9. The van der Waals surface area contributed by atoms with Crippen LogP contribution < -0.4 is 5.32 Å². The lowest BCUT2D eigenvalue weighted by molar-refractivity contribution is 0.0945. The maximum atomic E-state index is 12.2. The molecule has 2 heterocycles. The van der Waals surface area contributed by atoms with Crippen LogP contribution >= 0.6 is 0 Å². The van der Waals surface area contributed by atoms with Crippen molar-refractivity contribution in [1.29, 1.82) is 0 Å². The molecule has 1 amide bonds. The minimum atomic E-state index is -0.239. The second-order valence-electron chi connectivity index (χ2n) is 5.79. The van der Waals surface area contributed by atoms with Gasteiger partial charge >= 0.3 is 0 Å². The Labute approximate surface area is 140 Å². The van der Waals surface area contributed by atoms with Crippen molar-refractivity contribution in [3.05, 3.63) is 71.2 Å². The molecule has 1 aromatic carbocycles. The largest absolute Gasteiger partial charge is 0.347 e. The van der Waals surface area contributed by atoms with Gasteiger partial charge in [0.05, 0.1) is 18.1 Å². The summed E-state index contributed by atoms with van der Waals surface area (Å²) in [4.78, 5) is 24.8. The van der Waals surface area contributed by atoms with Crippen LogP contribution in [0.1, 0.15) is 32.9 Å². The molecule has 6 nitrogen and oxygen atoms in total. The van der Waals surface area contributed by atoms with E-state index in [9.17, 15) is 4.79 Å². The summed E-state index contributed by atoms with van der Waals surface area (Å²) in [6, 6.07) is 6.19. The van der Waals surface area contributed by atoms with Crippen molar-refractivity contribution in [3.8, 4) is 5.82 Å². The maximum absolute atomic E-state index is 12.2. The Balaban J connectivity index is 1.68. The van der Waals surface area contributed by atoms with E-state index >= 15 is 0 Å². The molecule has 0 bridgehead atoms. The van der Waals surface area contributed by atoms with Gasteiger partial charge < -0.3 is 5.32 Å². The minimum absolute atomic E-state index is 0.239. The first-order valence-corrected chi connectivity index (χ1v) is 7.70. The van der Waals surface area contributed by atoms with Gasteiger partial charge in [0.1, 0.15) is 12.0 Å². The standard InChI is InChI=1S/C18H19N5O/c1-12-4-5-13(2)15(6-12)7-21-18(24)16-8-20-17(9-19-16)23-10-14(3)22-11-23/h4-6,8-11H,7H2,1-3H3,(H,21,24). The molecule has 24 heavy (non-hydrogen) atoms. The molecule has 3 rings (SSSR count). The first-order chi connectivity index (χ1) is 11.5. The molecule has 0 atom stereocenters. The first-order valence-electron chi connectivity index (χ1n) is 7.70. The van der Waals surface area contributed by atoms with Crippen molar-refractivity contribution in [2.45, 2.75) is 27.3 Å². The molecule has 2 aromatic heterocycles. The van der Waals surface area contributed by atoms with Crippen LogP contribution in [0.2, 0.25) is 0 Å². The monoisotopic (exact) mass is 321 g/mol. The number of aromatic nitrogens is 4. The number of rotatable bonds is 4. The van der Waals surface area contributed by atoms with Gasteiger partial charge in [-0.25, -0.2) is 15.0 Å². The summed E-state index contributed by atoms with van der Waals surface area (Å²) < 4.78 is 1.76. The molecule has 3 aromatic rings. The van der Waals surface area contributed by atoms with Crippen LogP contribution in [0.5, 0.6) is 0 Å². The number of nitrogens with zero attached hydrogens (tertiary/aromatic N) is 4. The van der Waals surface area contributed by atoms with E-state index in [2.05, 4.69) is 38.5 Å². The van der Waals surface area contributed by atoms with Crippen molar-refractivity contribution >= 4 is 5.91 Å². The van der Waals surface area contributed by atoms with Crippen molar-refractivity contribution in [1.82, 2.24) is 24.8 Å². The number of amides is 1. The highest BCUT2D eigenvalue weighted by molar-refractivity contribution is 5.91. The second-order valence-corrected chi connectivity index (χ2v) is 5.79. The molecular formula is C18H19N5O. The Morgan fingerprint density at radius 2 is 1.96 bits per heavy atom. The van der Waals surface area contributed by atoms with Gasteiger partial charge in [-0.3, -0.25) is 9.36 Å². The number of carbonyl (C=O) groups is 1. The zero-order chi connectivity index (χ0) is 17.1. The van der Waals surface area contributed by atoms with Crippen LogP contribution in [0.3, 0.4) is 0 Å². The Hall–Kier alpha value is -3.02. The predicted molar refractivity (Wildman–Crippen MR) is 91.0 cm³/mol. The SMILES string of the molecule is Cc1ccc(C)c(CNC(=O)c2cnc(-n3cnc(C)c3)cn2)c1. The summed E-state index contributed by atoms with van der Waals surface area (Å²) in [6.07, 6.45) is 6.56. The third-order valence-corrected chi connectivity index (χ3v) is 3.79. The molecule has 0 aliphatic rings. The number of hydrogen-bond donors (Lipinski definition) is 1. The highest BCUT2D eigenvalue weighted by Crippen LogP contribution is 2.10. The Morgan fingerprint density at radius 1 is 1.12 bits per heavy atom. The molecule has 0 saturated heterocycles. The maximum Gasteiger partial charge on any atom is 0.271 e. The summed E-state index contributed by atoms with van der Waals surface area (Å²) in [5, 5.41) is 2.89. The fourth-order valence-electron chi connectivity index (χ4n) is 2.38. The third-order valence-electron chi connectivity index (χ3n) is 3.79. The van der Waals surface area contributed by atoms with Crippen LogP contribution in [0.25, 0.3) is 5.82 Å². The van der Waals surface area contributed by atoms with E-state index < -0.39 is 0 Å². The molecule has 0 radical (unpaired) electrons. The number of aryl methyl sites for hydroxylation is 3. The van der Waals surface area contributed by atoms with Crippen LogP contribution in [-0.2, 0) is 6.54 Å². The van der Waals surface area contributed by atoms with Gasteiger partial charge in [0.2, 0.25) is 0 Å². The molecular weight excluding hydrogens is 302 g/mol. The zero-order valence-corrected chi connectivity index (χ0v) is 13.9. The van der Waals surface area contributed by atoms with E-state index in [1.54, 1.807) is 17.1 Å². The van der Waals surface area contributed by atoms with Crippen molar-refractivity contribution < 1.29 is 4.79 Å². The van der Waals surface area contributed by atoms with Crippen LogP contribution in [0.15, 0.2) is 43.1 Å². The molecule has 1 N–H and O–H groups in total. The molecule has 6 heteroatoms. The Kier molecular flexibility index (Phi) is 4.37. The van der Waals surface area contributed by atoms with Gasteiger partial charge in [-0.05, 0) is 31.9 Å². The summed E-state index contributed by atoms with van der Waals surface area (Å²) in [5.41, 5.74) is 4.61. The smallest absolute Gasteiger partial charge is 0.271 e. The van der Waals surface area contributed by atoms with Gasteiger partial charge in [0, 0.05) is 12.7 Å². The summed E-state index contributed by atoms with van der Waals surface area (Å²) in [5.74, 6) is 0.387. The van der Waals surface area contributed by atoms with Gasteiger partial charge in [0.25, 0.3) is 5.91 Å². The quantitative estimate of drug-likeness (QED) is 0.801. The van der Waals surface area contributed by atoms with E-state index in [0.717, 1.165) is 16.8 Å². The number of hydrogen-bond acceptors (Lipinski definition) is 4. The van der Waals surface area contributed by atoms with Gasteiger partial charge in [-0.15, -0.1) is 0 Å².